The first-order chi connectivity index (χ1) is 9.93. The Hall–Kier alpha value is -2.70. The van der Waals surface area contributed by atoms with E-state index in [0.717, 1.165) is 5.69 Å². The van der Waals surface area contributed by atoms with Crippen molar-refractivity contribution in [2.24, 2.45) is 17.9 Å². The van der Waals surface area contributed by atoms with E-state index in [4.69, 9.17) is 15.7 Å². The van der Waals surface area contributed by atoms with E-state index in [1.165, 1.54) is 0 Å². The zero-order valence-electron chi connectivity index (χ0n) is 12.5. The summed E-state index contributed by atoms with van der Waals surface area (Å²) in [5.41, 5.74) is 7.82. The molecule has 0 radical (unpaired) electrons. The molecule has 0 saturated heterocycles. The maximum atomic E-state index is 8.89. The lowest BCUT2D eigenvalue weighted by molar-refractivity contribution is 0.318. The van der Waals surface area contributed by atoms with Crippen molar-refractivity contribution in [3.8, 4) is 11.6 Å². The van der Waals surface area contributed by atoms with Crippen LogP contribution in [0.1, 0.15) is 11.3 Å². The topological polar surface area (TPSA) is 88.9 Å². The lowest BCUT2D eigenvalue weighted by Gasteiger charge is -2.14. The molecule has 0 aliphatic carbocycles. The van der Waals surface area contributed by atoms with Crippen LogP contribution in [0.25, 0.3) is 0 Å². The second-order valence-electron chi connectivity index (χ2n) is 4.87. The Labute approximate surface area is 123 Å². The second kappa shape index (κ2) is 5.74. The Balaban J connectivity index is 2.42. The van der Waals surface area contributed by atoms with Crippen LogP contribution in [-0.4, -0.2) is 34.9 Å². The molecule has 0 fully saturated rings. The molecule has 2 aromatic rings. The van der Waals surface area contributed by atoms with Gasteiger partial charge in [-0.15, -0.1) is 0 Å². The van der Waals surface area contributed by atoms with Gasteiger partial charge in [-0.25, -0.2) is 4.68 Å². The van der Waals surface area contributed by atoms with Crippen LogP contribution in [0.2, 0.25) is 0 Å². The minimum absolute atomic E-state index is 0.0284. The zero-order valence-corrected chi connectivity index (χ0v) is 12.5. The molecule has 0 spiro atoms. The van der Waals surface area contributed by atoms with Gasteiger partial charge in [0.2, 0.25) is 5.88 Å². The zero-order chi connectivity index (χ0) is 15.6. The summed E-state index contributed by atoms with van der Waals surface area (Å²) >= 11 is 0. The number of benzene rings is 1. The molecule has 0 unspecified atom stereocenters. The van der Waals surface area contributed by atoms with E-state index < -0.39 is 0 Å². The number of ether oxygens (including phenoxy) is 1. The largest absolute Gasteiger partial charge is 0.438 e. The molecule has 3 N–H and O–H groups in total. The Kier molecular flexibility index (Phi) is 4.02. The molecule has 0 aliphatic rings. The van der Waals surface area contributed by atoms with Crippen molar-refractivity contribution in [2.75, 3.05) is 19.0 Å². The van der Waals surface area contributed by atoms with E-state index in [1.54, 1.807) is 18.7 Å². The van der Waals surface area contributed by atoms with Gasteiger partial charge in [0.25, 0.3) is 0 Å². The summed E-state index contributed by atoms with van der Waals surface area (Å²) in [4.78, 5) is 1.98. The van der Waals surface area contributed by atoms with E-state index >= 15 is 0 Å². The summed E-state index contributed by atoms with van der Waals surface area (Å²) in [6, 6.07) is 7.62. The average Bonchev–Trinajstić information content (AvgIpc) is 2.73. The number of hydrogen-bond donors (Lipinski definition) is 2. The predicted octanol–water partition coefficient (Wildman–Crippen LogP) is 1.68. The quantitative estimate of drug-likeness (QED) is 0.387. The van der Waals surface area contributed by atoms with Gasteiger partial charge in [-0.1, -0.05) is 11.2 Å². The summed E-state index contributed by atoms with van der Waals surface area (Å²) < 4.78 is 7.44. The fourth-order valence-corrected chi connectivity index (χ4v) is 2.04. The first kappa shape index (κ1) is 14.7. The number of nitrogens with zero attached hydrogens (tertiary/aromatic N) is 4. The molecular formula is C14H19N5O2. The van der Waals surface area contributed by atoms with Crippen molar-refractivity contribution in [1.29, 1.82) is 0 Å². The van der Waals surface area contributed by atoms with Crippen molar-refractivity contribution in [1.82, 2.24) is 9.78 Å². The number of oxime groups is 1. The molecule has 7 heteroatoms. The van der Waals surface area contributed by atoms with Gasteiger partial charge < -0.3 is 20.6 Å². The lowest BCUT2D eigenvalue weighted by Crippen LogP contribution is -2.15. The third kappa shape index (κ3) is 2.91. The van der Waals surface area contributed by atoms with Crippen LogP contribution in [0.4, 0.5) is 5.69 Å². The van der Waals surface area contributed by atoms with E-state index in [0.29, 0.717) is 22.9 Å². The lowest BCUT2D eigenvalue weighted by atomic mass is 10.2. The van der Waals surface area contributed by atoms with Crippen LogP contribution in [0.3, 0.4) is 0 Å². The molecular weight excluding hydrogens is 270 g/mol. The van der Waals surface area contributed by atoms with Crippen molar-refractivity contribution in [2.45, 2.75) is 6.92 Å². The number of rotatable bonds is 4. The summed E-state index contributed by atoms with van der Waals surface area (Å²) in [6.45, 7) is 1.77. The molecule has 0 atom stereocenters. The summed E-state index contributed by atoms with van der Waals surface area (Å²) in [6.07, 6.45) is 0. The van der Waals surface area contributed by atoms with Gasteiger partial charge in [0.1, 0.15) is 11.3 Å². The number of nitrogens with two attached hydrogens (primary N) is 1. The van der Waals surface area contributed by atoms with Gasteiger partial charge in [0.15, 0.2) is 5.84 Å². The third-order valence-corrected chi connectivity index (χ3v) is 3.08. The number of amidine groups is 1. The normalized spacial score (nSPS) is 11.5. The molecule has 0 saturated carbocycles. The third-order valence-electron chi connectivity index (χ3n) is 3.08. The molecule has 1 aromatic carbocycles. The van der Waals surface area contributed by atoms with Crippen molar-refractivity contribution < 1.29 is 9.94 Å². The van der Waals surface area contributed by atoms with E-state index in [9.17, 15) is 0 Å². The van der Waals surface area contributed by atoms with Crippen molar-refractivity contribution in [3.05, 3.63) is 35.5 Å². The predicted molar refractivity (Wildman–Crippen MR) is 81.3 cm³/mol. The Morgan fingerprint density at radius 1 is 1.43 bits per heavy atom. The van der Waals surface area contributed by atoms with Gasteiger partial charge in [-0.05, 0) is 19.1 Å². The van der Waals surface area contributed by atoms with Crippen LogP contribution in [-0.2, 0) is 7.05 Å². The highest BCUT2D eigenvalue weighted by molar-refractivity contribution is 6.00. The molecule has 21 heavy (non-hydrogen) atoms. The van der Waals surface area contributed by atoms with E-state index in [-0.39, 0.29) is 5.84 Å². The SMILES string of the molecule is Cc1nn(C)c(Oc2cccc(N(C)C)c2)c1C(N)=NO. The molecule has 0 amide bonds. The smallest absolute Gasteiger partial charge is 0.229 e. The van der Waals surface area contributed by atoms with E-state index in [1.807, 2.05) is 43.3 Å². The fourth-order valence-electron chi connectivity index (χ4n) is 2.04. The number of hydrogen-bond acceptors (Lipinski definition) is 5. The van der Waals surface area contributed by atoms with Gasteiger partial charge in [0.05, 0.1) is 5.69 Å². The van der Waals surface area contributed by atoms with Gasteiger partial charge in [-0.3, -0.25) is 0 Å². The van der Waals surface area contributed by atoms with E-state index in [2.05, 4.69) is 10.3 Å². The van der Waals surface area contributed by atoms with Crippen LogP contribution < -0.4 is 15.4 Å². The highest BCUT2D eigenvalue weighted by Crippen LogP contribution is 2.29. The minimum atomic E-state index is -0.0284. The number of aromatic nitrogens is 2. The number of aryl methyl sites for hydroxylation is 2. The second-order valence-corrected chi connectivity index (χ2v) is 4.87. The Bertz CT molecular complexity index is 676. The maximum absolute atomic E-state index is 8.89. The van der Waals surface area contributed by atoms with Crippen molar-refractivity contribution in [3.63, 3.8) is 0 Å². The monoisotopic (exact) mass is 289 g/mol. The maximum Gasteiger partial charge on any atom is 0.229 e. The van der Waals surface area contributed by atoms with Gasteiger partial charge in [-0.2, -0.15) is 5.10 Å². The molecule has 0 bridgehead atoms. The van der Waals surface area contributed by atoms with Gasteiger partial charge >= 0.3 is 0 Å². The summed E-state index contributed by atoms with van der Waals surface area (Å²) in [5.74, 6) is 1.05. The minimum Gasteiger partial charge on any atom is -0.438 e. The molecule has 1 aromatic heterocycles. The van der Waals surface area contributed by atoms with Crippen LogP contribution >= 0.6 is 0 Å². The standard InChI is InChI=1S/C14H19N5O2/c1-9-12(13(15)17-20)14(19(4)16-9)21-11-7-5-6-10(8-11)18(2)3/h5-8,20H,1-4H3,(H2,15,17). The molecule has 2 rings (SSSR count). The first-order valence-corrected chi connectivity index (χ1v) is 6.40. The van der Waals surface area contributed by atoms with Crippen LogP contribution in [0, 0.1) is 6.92 Å². The highest BCUT2D eigenvalue weighted by atomic mass is 16.5. The van der Waals surface area contributed by atoms with Crippen molar-refractivity contribution >= 4 is 11.5 Å². The molecule has 112 valence electrons. The van der Waals surface area contributed by atoms with Crippen LogP contribution in [0.15, 0.2) is 29.4 Å². The Morgan fingerprint density at radius 2 is 2.14 bits per heavy atom. The summed E-state index contributed by atoms with van der Waals surface area (Å²) in [5, 5.41) is 16.2. The Morgan fingerprint density at radius 3 is 2.76 bits per heavy atom. The van der Waals surface area contributed by atoms with Gasteiger partial charge in [0, 0.05) is 32.9 Å². The summed E-state index contributed by atoms with van der Waals surface area (Å²) in [7, 11) is 5.65. The highest BCUT2D eigenvalue weighted by Gasteiger charge is 2.19. The average molecular weight is 289 g/mol. The van der Waals surface area contributed by atoms with Crippen LogP contribution in [0.5, 0.6) is 11.6 Å². The fraction of sp³-hybridized carbons (Fsp3) is 0.286. The molecule has 7 nitrogen and oxygen atoms in total. The molecule has 0 aliphatic heterocycles. The first-order valence-electron chi connectivity index (χ1n) is 6.40. The number of anilines is 1. The molecule has 1 heterocycles.